The van der Waals surface area contributed by atoms with Crippen LogP contribution in [0.15, 0.2) is 0 Å². The first-order chi connectivity index (χ1) is 10.6. The Morgan fingerprint density at radius 2 is 1.70 bits per heavy atom. The van der Waals surface area contributed by atoms with Crippen molar-refractivity contribution in [3.05, 3.63) is 21.8 Å². The Morgan fingerprint density at radius 1 is 1.13 bits per heavy atom. The van der Waals surface area contributed by atoms with E-state index in [1.807, 2.05) is 67.8 Å². The van der Waals surface area contributed by atoms with E-state index in [4.69, 9.17) is 0 Å². The monoisotopic (exact) mass is 658 g/mol. The molecule has 0 saturated carbocycles. The van der Waals surface area contributed by atoms with Crippen LogP contribution in [0.4, 0.5) is 5.69 Å². The molecule has 10 heteroatoms. The molecule has 1 atom stereocenters. The Labute approximate surface area is 173 Å². The first kappa shape index (κ1) is 20.8. The number of benzene rings is 1. The van der Waals surface area contributed by atoms with Crippen LogP contribution < -0.4 is 10.6 Å². The van der Waals surface area contributed by atoms with E-state index >= 15 is 0 Å². The fraction of sp³-hybridized carbons (Fsp3) is 0.308. The predicted molar refractivity (Wildman–Crippen MR) is 109 cm³/mol. The van der Waals surface area contributed by atoms with Crippen LogP contribution >= 0.6 is 67.8 Å². The third-order valence-corrected chi connectivity index (χ3v) is 6.20. The fourth-order valence-electron chi connectivity index (χ4n) is 1.67. The number of anilines is 1. The summed E-state index contributed by atoms with van der Waals surface area (Å²) in [4.78, 5) is 34.5. The van der Waals surface area contributed by atoms with Crippen molar-refractivity contribution in [2.45, 2.75) is 26.5 Å². The van der Waals surface area contributed by atoms with Crippen LogP contribution in [0.5, 0.6) is 0 Å². The molecule has 0 heterocycles. The van der Waals surface area contributed by atoms with Gasteiger partial charge in [-0.3, -0.25) is 9.59 Å². The summed E-state index contributed by atoms with van der Waals surface area (Å²) in [7, 11) is 0. The molecule has 4 N–H and O–H groups in total. The summed E-state index contributed by atoms with van der Waals surface area (Å²) >= 11 is 5.78. The Kier molecular flexibility index (Phi) is 7.92. The Bertz CT molecular complexity index is 676. The van der Waals surface area contributed by atoms with Crippen molar-refractivity contribution in [3.63, 3.8) is 0 Å². The Morgan fingerprint density at radius 3 is 2.13 bits per heavy atom. The molecule has 7 nitrogen and oxygen atoms in total. The van der Waals surface area contributed by atoms with Gasteiger partial charge in [-0.1, -0.05) is 0 Å². The SMILES string of the molecule is CC(=O)Nc1c(I)c(CNC(=O)C(C)O)c(I)c(C(=O)O)c1I. The maximum atomic E-state index is 11.5. The lowest BCUT2D eigenvalue weighted by Gasteiger charge is -2.18. The second-order valence-electron chi connectivity index (χ2n) is 4.55. The van der Waals surface area contributed by atoms with Crippen molar-refractivity contribution >= 4 is 91.2 Å². The summed E-state index contributed by atoms with van der Waals surface area (Å²) in [5, 5.41) is 23.8. The first-order valence-corrected chi connectivity index (χ1v) is 9.47. The molecule has 0 aromatic heterocycles. The van der Waals surface area contributed by atoms with Crippen molar-refractivity contribution < 1.29 is 24.6 Å². The van der Waals surface area contributed by atoms with Gasteiger partial charge in [0.25, 0.3) is 0 Å². The number of carboxylic acids is 1. The molecule has 126 valence electrons. The molecular weight excluding hydrogens is 645 g/mol. The Hall–Kier alpha value is -0.220. The van der Waals surface area contributed by atoms with Gasteiger partial charge in [0.2, 0.25) is 11.8 Å². The van der Waals surface area contributed by atoms with E-state index in [0.29, 0.717) is 22.0 Å². The van der Waals surface area contributed by atoms with Crippen LogP contribution in [0.1, 0.15) is 29.8 Å². The highest BCUT2D eigenvalue weighted by atomic mass is 127. The van der Waals surface area contributed by atoms with Crippen LogP contribution in [0.2, 0.25) is 0 Å². The van der Waals surface area contributed by atoms with Crippen molar-refractivity contribution in [2.75, 3.05) is 5.32 Å². The van der Waals surface area contributed by atoms with Gasteiger partial charge in [-0.2, -0.15) is 0 Å². The zero-order valence-corrected chi connectivity index (χ0v) is 18.5. The summed E-state index contributed by atoms with van der Waals surface area (Å²) in [5.74, 6) is -2.00. The number of nitrogens with one attached hydrogen (secondary N) is 2. The molecule has 2 amide bonds. The minimum absolute atomic E-state index is 0.0457. The van der Waals surface area contributed by atoms with Crippen molar-refractivity contribution in [3.8, 4) is 0 Å². The van der Waals surface area contributed by atoms with Crippen molar-refractivity contribution in [2.24, 2.45) is 0 Å². The smallest absolute Gasteiger partial charge is 0.337 e. The normalized spacial score (nSPS) is 11.7. The van der Waals surface area contributed by atoms with Gasteiger partial charge in [-0.25, -0.2) is 4.79 Å². The van der Waals surface area contributed by atoms with E-state index in [1.54, 1.807) is 0 Å². The van der Waals surface area contributed by atoms with Gasteiger partial charge in [0, 0.05) is 26.2 Å². The highest BCUT2D eigenvalue weighted by Gasteiger charge is 2.25. The van der Waals surface area contributed by atoms with Gasteiger partial charge in [0.15, 0.2) is 0 Å². The summed E-state index contributed by atoms with van der Waals surface area (Å²) in [6.07, 6.45) is -1.16. The van der Waals surface area contributed by atoms with Crippen molar-refractivity contribution in [1.29, 1.82) is 0 Å². The number of hydrogen-bond acceptors (Lipinski definition) is 4. The molecular formula is C13H13I3N2O5. The summed E-state index contributed by atoms with van der Waals surface area (Å²) in [6, 6.07) is 0. The number of carbonyl (C=O) groups is 3. The fourth-order valence-corrected chi connectivity index (χ4v) is 5.95. The second kappa shape index (κ2) is 8.75. The molecule has 1 aromatic carbocycles. The van der Waals surface area contributed by atoms with Crippen LogP contribution in [0.25, 0.3) is 0 Å². The third kappa shape index (κ3) is 5.12. The average molecular weight is 658 g/mol. The van der Waals surface area contributed by atoms with Gasteiger partial charge < -0.3 is 20.8 Å². The summed E-state index contributed by atoms with van der Waals surface area (Å²) in [6.45, 7) is 2.72. The predicted octanol–water partition coefficient (Wildman–Crippen LogP) is 2.15. The molecule has 0 fully saturated rings. The van der Waals surface area contributed by atoms with Gasteiger partial charge in [-0.15, -0.1) is 0 Å². The molecule has 0 aliphatic heterocycles. The molecule has 0 radical (unpaired) electrons. The van der Waals surface area contributed by atoms with E-state index in [9.17, 15) is 24.6 Å². The molecule has 23 heavy (non-hydrogen) atoms. The number of aromatic carboxylic acids is 1. The quantitative estimate of drug-likeness (QED) is 0.363. The largest absolute Gasteiger partial charge is 0.478 e. The van der Waals surface area contributed by atoms with Crippen LogP contribution in [0.3, 0.4) is 0 Å². The molecule has 0 spiro atoms. The van der Waals surface area contributed by atoms with Gasteiger partial charge >= 0.3 is 5.97 Å². The number of halogens is 3. The lowest BCUT2D eigenvalue weighted by atomic mass is 10.1. The average Bonchev–Trinajstić information content (AvgIpc) is 2.42. The van der Waals surface area contributed by atoms with E-state index in [2.05, 4.69) is 10.6 Å². The lowest BCUT2D eigenvalue weighted by molar-refractivity contribution is -0.128. The van der Waals surface area contributed by atoms with Crippen LogP contribution in [0, 0.1) is 10.7 Å². The maximum absolute atomic E-state index is 11.5. The molecule has 0 aliphatic rings. The number of rotatable bonds is 5. The molecule has 1 rings (SSSR count). The third-order valence-electron chi connectivity index (χ3n) is 2.74. The zero-order chi connectivity index (χ0) is 17.9. The lowest BCUT2D eigenvalue weighted by Crippen LogP contribution is -2.32. The minimum atomic E-state index is -1.16. The van der Waals surface area contributed by atoms with E-state index in [1.165, 1.54) is 13.8 Å². The highest BCUT2D eigenvalue weighted by Crippen LogP contribution is 2.35. The summed E-state index contributed by atoms with van der Waals surface area (Å²) < 4.78 is 1.54. The molecule has 1 aromatic rings. The van der Waals surface area contributed by atoms with E-state index in [0.717, 1.165) is 0 Å². The van der Waals surface area contributed by atoms with Gasteiger partial charge in [-0.05, 0) is 74.7 Å². The highest BCUT2D eigenvalue weighted by molar-refractivity contribution is 14.1. The summed E-state index contributed by atoms with van der Waals surface area (Å²) in [5.41, 5.74) is 1.04. The molecule has 0 aliphatic carbocycles. The Balaban J connectivity index is 3.43. The van der Waals surface area contributed by atoms with Gasteiger partial charge in [0.1, 0.15) is 6.10 Å². The number of aliphatic hydroxyl groups excluding tert-OH is 1. The van der Waals surface area contributed by atoms with E-state index in [-0.39, 0.29) is 18.0 Å². The zero-order valence-electron chi connectivity index (χ0n) is 12.0. The van der Waals surface area contributed by atoms with E-state index < -0.39 is 18.0 Å². The topological polar surface area (TPSA) is 116 Å². The number of carboxylic acid groups (broad SMARTS) is 1. The number of hydrogen-bond donors (Lipinski definition) is 4. The second-order valence-corrected chi connectivity index (χ2v) is 7.79. The first-order valence-electron chi connectivity index (χ1n) is 6.23. The number of amides is 2. The maximum Gasteiger partial charge on any atom is 0.337 e. The van der Waals surface area contributed by atoms with Crippen molar-refractivity contribution in [1.82, 2.24) is 5.32 Å². The molecule has 0 bridgehead atoms. The standard InChI is InChI=1S/C13H13I3N2O5/c1-4(19)12(21)17-3-6-8(14)7(13(22)23)10(16)11(9(6)15)18-5(2)20/h4,19H,3H2,1-2H3,(H,17,21)(H,18,20)(H,22,23). The van der Waals surface area contributed by atoms with Crippen LogP contribution in [-0.4, -0.2) is 34.1 Å². The minimum Gasteiger partial charge on any atom is -0.478 e. The number of aliphatic hydroxyl groups is 1. The number of carbonyl (C=O) groups excluding carboxylic acids is 2. The molecule has 0 saturated heterocycles. The van der Waals surface area contributed by atoms with Gasteiger partial charge in [0.05, 0.1) is 14.8 Å². The molecule has 1 unspecified atom stereocenters. The van der Waals surface area contributed by atoms with Crippen LogP contribution in [-0.2, 0) is 16.1 Å².